The molecule has 0 bridgehead atoms. The molecule has 1 saturated carbocycles. The molecular formula is C15H15NO4. The van der Waals surface area contributed by atoms with Gasteiger partial charge in [0, 0.05) is 29.7 Å². The molecule has 0 aromatic heterocycles. The lowest BCUT2D eigenvalue weighted by molar-refractivity contribution is -0.164. The minimum Gasteiger partial charge on any atom is -0.467 e. The van der Waals surface area contributed by atoms with Gasteiger partial charge in [0.1, 0.15) is 0 Å². The summed E-state index contributed by atoms with van der Waals surface area (Å²) in [6.07, 6.45) is -0.241. The van der Waals surface area contributed by atoms with Crippen molar-refractivity contribution in [2.75, 3.05) is 7.11 Å². The van der Waals surface area contributed by atoms with E-state index in [9.17, 15) is 14.7 Å². The fourth-order valence-corrected chi connectivity index (χ4v) is 3.09. The molecule has 0 spiro atoms. The van der Waals surface area contributed by atoms with Crippen molar-refractivity contribution in [2.45, 2.75) is 24.5 Å². The molecule has 0 unspecified atom stereocenters. The summed E-state index contributed by atoms with van der Waals surface area (Å²) in [6.45, 7) is 3.93. The van der Waals surface area contributed by atoms with Crippen LogP contribution in [0.4, 0.5) is 0 Å². The molecule has 2 aliphatic rings. The quantitative estimate of drug-likeness (QED) is 0.822. The van der Waals surface area contributed by atoms with Crippen molar-refractivity contribution in [3.05, 3.63) is 42.0 Å². The third-order valence-electron chi connectivity index (χ3n) is 4.08. The van der Waals surface area contributed by atoms with Crippen LogP contribution in [-0.4, -0.2) is 40.6 Å². The van der Waals surface area contributed by atoms with Gasteiger partial charge >= 0.3 is 5.97 Å². The number of aliphatic hydroxyl groups is 1. The van der Waals surface area contributed by atoms with Crippen molar-refractivity contribution in [1.82, 2.24) is 4.90 Å². The number of nitrogens with zero attached hydrogens (tertiary/aromatic N) is 1. The van der Waals surface area contributed by atoms with E-state index < -0.39 is 17.6 Å². The van der Waals surface area contributed by atoms with Gasteiger partial charge in [-0.25, -0.2) is 4.79 Å². The maximum atomic E-state index is 12.5. The molecule has 5 heteroatoms. The van der Waals surface area contributed by atoms with E-state index in [0.717, 1.165) is 5.56 Å². The maximum absolute atomic E-state index is 12.5. The fraction of sp³-hybridized carbons (Fsp3) is 0.333. The van der Waals surface area contributed by atoms with Gasteiger partial charge in [-0.05, 0) is 6.07 Å². The number of ether oxygens (including phenoxy) is 1. The predicted molar refractivity (Wildman–Crippen MR) is 71.6 cm³/mol. The summed E-state index contributed by atoms with van der Waals surface area (Å²) in [6, 6.07) is 7.10. The van der Waals surface area contributed by atoms with Gasteiger partial charge in [0.05, 0.1) is 13.2 Å². The van der Waals surface area contributed by atoms with Crippen LogP contribution in [0.15, 0.2) is 30.8 Å². The van der Waals surface area contributed by atoms with E-state index in [4.69, 9.17) is 4.74 Å². The molecule has 0 atom stereocenters. The number of carbonyl (C=O) groups is 2. The van der Waals surface area contributed by atoms with Crippen molar-refractivity contribution in [2.24, 2.45) is 0 Å². The number of amides is 1. The van der Waals surface area contributed by atoms with Crippen LogP contribution in [0.1, 0.15) is 28.8 Å². The van der Waals surface area contributed by atoms with Crippen molar-refractivity contribution in [3.8, 4) is 0 Å². The largest absolute Gasteiger partial charge is 0.467 e. The minimum absolute atomic E-state index is 0.179. The Bertz CT molecular complexity index is 581. The van der Waals surface area contributed by atoms with Crippen LogP contribution in [0, 0.1) is 0 Å². The summed E-state index contributed by atoms with van der Waals surface area (Å²) in [5.74, 6) is -0.770. The second-order valence-electron chi connectivity index (χ2n) is 5.22. The first-order valence-corrected chi connectivity index (χ1v) is 6.40. The Balaban J connectivity index is 2.05. The first kappa shape index (κ1) is 12.9. The molecule has 104 valence electrons. The number of rotatable bonds is 2. The van der Waals surface area contributed by atoms with Gasteiger partial charge in [-0.15, -0.1) is 0 Å². The van der Waals surface area contributed by atoms with Gasteiger partial charge < -0.3 is 9.84 Å². The Morgan fingerprint density at radius 1 is 1.40 bits per heavy atom. The second-order valence-corrected chi connectivity index (χ2v) is 5.22. The molecule has 3 rings (SSSR count). The van der Waals surface area contributed by atoms with E-state index in [1.165, 1.54) is 12.0 Å². The number of esters is 1. The molecule has 0 radical (unpaired) electrons. The van der Waals surface area contributed by atoms with E-state index >= 15 is 0 Å². The molecule has 1 aromatic carbocycles. The molecule has 5 nitrogen and oxygen atoms in total. The zero-order valence-electron chi connectivity index (χ0n) is 11.1. The first-order valence-electron chi connectivity index (χ1n) is 6.40. The molecule has 0 saturated heterocycles. The van der Waals surface area contributed by atoms with Crippen molar-refractivity contribution in [3.63, 3.8) is 0 Å². The number of aliphatic hydroxyl groups excluding tert-OH is 1. The highest BCUT2D eigenvalue weighted by atomic mass is 16.5. The Hall–Kier alpha value is -2.14. The van der Waals surface area contributed by atoms with Crippen molar-refractivity contribution in [1.29, 1.82) is 0 Å². The van der Waals surface area contributed by atoms with Crippen LogP contribution in [-0.2, 0) is 9.53 Å². The molecule has 1 fully saturated rings. The summed E-state index contributed by atoms with van der Waals surface area (Å²) in [5, 5.41) is 9.60. The molecular weight excluding hydrogens is 258 g/mol. The van der Waals surface area contributed by atoms with Gasteiger partial charge in [0.25, 0.3) is 5.91 Å². The zero-order chi connectivity index (χ0) is 14.5. The van der Waals surface area contributed by atoms with Gasteiger partial charge in [-0.3, -0.25) is 9.69 Å². The van der Waals surface area contributed by atoms with Gasteiger partial charge in [0.15, 0.2) is 5.54 Å². The fourth-order valence-electron chi connectivity index (χ4n) is 3.09. The lowest BCUT2D eigenvalue weighted by atomic mass is 9.72. The lowest BCUT2D eigenvalue weighted by Crippen LogP contribution is -2.64. The van der Waals surface area contributed by atoms with Crippen LogP contribution in [0.3, 0.4) is 0 Å². The van der Waals surface area contributed by atoms with E-state index in [2.05, 4.69) is 6.58 Å². The Kier molecular flexibility index (Phi) is 2.69. The van der Waals surface area contributed by atoms with E-state index in [-0.39, 0.29) is 18.7 Å². The average molecular weight is 273 g/mol. The lowest BCUT2D eigenvalue weighted by Gasteiger charge is -2.48. The van der Waals surface area contributed by atoms with Crippen molar-refractivity contribution < 1.29 is 19.4 Å². The minimum atomic E-state index is -1.12. The van der Waals surface area contributed by atoms with Crippen LogP contribution < -0.4 is 0 Å². The second kappa shape index (κ2) is 4.18. The summed E-state index contributed by atoms with van der Waals surface area (Å²) in [5.41, 5.74) is 0.619. The summed E-state index contributed by atoms with van der Waals surface area (Å²) in [7, 11) is 1.28. The highest BCUT2D eigenvalue weighted by molar-refractivity contribution is 6.11. The van der Waals surface area contributed by atoms with Gasteiger partial charge in [-0.1, -0.05) is 24.8 Å². The molecule has 1 aliphatic heterocycles. The Labute approximate surface area is 116 Å². The number of hydrogen-bond donors (Lipinski definition) is 1. The summed E-state index contributed by atoms with van der Waals surface area (Å²) >= 11 is 0. The topological polar surface area (TPSA) is 66.8 Å². The summed E-state index contributed by atoms with van der Waals surface area (Å²) in [4.78, 5) is 26.1. The third kappa shape index (κ3) is 1.47. The van der Waals surface area contributed by atoms with Crippen LogP contribution >= 0.6 is 0 Å². The van der Waals surface area contributed by atoms with Gasteiger partial charge in [-0.2, -0.15) is 0 Å². The smallest absolute Gasteiger partial charge is 0.332 e. The molecule has 1 N–H and O–H groups in total. The predicted octanol–water partition coefficient (Wildman–Crippen LogP) is 1.18. The highest BCUT2D eigenvalue weighted by Gasteiger charge is 2.59. The number of methoxy groups -OCH3 is 1. The monoisotopic (exact) mass is 273 g/mol. The SMILES string of the molecule is C=C1c2ccccc2C(=O)N1[C@]1(C(=O)OC)C[C@@H](O)C1. The zero-order valence-corrected chi connectivity index (χ0v) is 11.1. The third-order valence-corrected chi connectivity index (χ3v) is 4.08. The average Bonchev–Trinajstić information content (AvgIpc) is 2.67. The molecule has 1 aromatic rings. The Morgan fingerprint density at radius 2 is 2.00 bits per heavy atom. The molecule has 20 heavy (non-hydrogen) atoms. The Morgan fingerprint density at radius 3 is 2.50 bits per heavy atom. The number of fused-ring (bicyclic) bond motifs is 1. The number of carbonyl (C=O) groups excluding carboxylic acids is 2. The molecule has 1 aliphatic carbocycles. The van der Waals surface area contributed by atoms with Crippen molar-refractivity contribution >= 4 is 17.6 Å². The standard InChI is InChI=1S/C15H15NO4/c1-9-11-5-3-4-6-12(11)13(18)16(9)15(14(19)20-2)7-10(17)8-15/h3-6,10,17H,1,7-8H2,2H3/t10-,15-. The van der Waals surface area contributed by atoms with E-state index in [0.29, 0.717) is 11.3 Å². The van der Waals surface area contributed by atoms with Crippen LogP contribution in [0.5, 0.6) is 0 Å². The number of benzene rings is 1. The maximum Gasteiger partial charge on any atom is 0.332 e. The molecule has 1 heterocycles. The molecule has 1 amide bonds. The van der Waals surface area contributed by atoms with E-state index in [1.54, 1.807) is 18.2 Å². The van der Waals surface area contributed by atoms with Crippen LogP contribution in [0.25, 0.3) is 5.70 Å². The normalized spacial score (nSPS) is 28.1. The van der Waals surface area contributed by atoms with Crippen LogP contribution in [0.2, 0.25) is 0 Å². The highest BCUT2D eigenvalue weighted by Crippen LogP contribution is 2.47. The van der Waals surface area contributed by atoms with E-state index in [1.807, 2.05) is 6.07 Å². The summed E-state index contributed by atoms with van der Waals surface area (Å²) < 4.78 is 4.83. The first-order chi connectivity index (χ1) is 9.51. The van der Waals surface area contributed by atoms with Gasteiger partial charge in [0.2, 0.25) is 0 Å². The number of hydrogen-bond acceptors (Lipinski definition) is 4.